The Morgan fingerprint density at radius 3 is 1.50 bits per heavy atom. The molecule has 0 radical (unpaired) electrons. The summed E-state index contributed by atoms with van der Waals surface area (Å²) in [6.07, 6.45) is 4.06. The number of hydrogen-bond donors (Lipinski definition) is 0. The zero-order chi connectivity index (χ0) is 20.7. The number of amides is 2. The van der Waals surface area contributed by atoms with Crippen LogP contribution in [0.2, 0.25) is 0 Å². The Hall–Kier alpha value is -3.53. The van der Waals surface area contributed by atoms with Crippen LogP contribution in [0.1, 0.15) is 23.0 Å². The van der Waals surface area contributed by atoms with Gasteiger partial charge in [0.25, 0.3) is 0 Å². The van der Waals surface area contributed by atoms with Gasteiger partial charge in [-0.05, 0) is 23.3 Å². The van der Waals surface area contributed by atoms with Gasteiger partial charge in [0.15, 0.2) is 0 Å². The normalized spacial score (nSPS) is 25.4. The van der Waals surface area contributed by atoms with Crippen LogP contribution in [-0.4, -0.2) is 11.8 Å². The third kappa shape index (κ3) is 2.88. The maximum absolute atomic E-state index is 14.5. The summed E-state index contributed by atoms with van der Waals surface area (Å²) in [7, 11) is 0. The number of allylic oxidation sites excluding steroid dienone is 2. The molecule has 1 aliphatic heterocycles. The van der Waals surface area contributed by atoms with E-state index in [9.17, 15) is 14.0 Å². The Bertz CT molecular complexity index is 1060. The molecule has 5 rings (SSSR count). The second-order valence-corrected chi connectivity index (χ2v) is 7.77. The number of imide groups is 1. The highest BCUT2D eigenvalue weighted by molar-refractivity contribution is 6.23. The van der Waals surface area contributed by atoms with E-state index in [0.717, 1.165) is 16.0 Å². The van der Waals surface area contributed by atoms with Crippen LogP contribution in [0, 0.1) is 17.7 Å². The van der Waals surface area contributed by atoms with E-state index in [2.05, 4.69) is 0 Å². The van der Waals surface area contributed by atoms with E-state index in [4.69, 9.17) is 0 Å². The number of hydrogen-bond acceptors (Lipinski definition) is 2. The van der Waals surface area contributed by atoms with Crippen LogP contribution in [0.4, 0.5) is 10.1 Å². The molecule has 4 atom stereocenters. The van der Waals surface area contributed by atoms with Gasteiger partial charge in [0.05, 0.1) is 17.5 Å². The highest BCUT2D eigenvalue weighted by Gasteiger charge is 2.55. The lowest BCUT2D eigenvalue weighted by molar-refractivity contribution is -0.122. The number of anilines is 1. The molecule has 2 aliphatic rings. The smallest absolute Gasteiger partial charge is 0.238 e. The van der Waals surface area contributed by atoms with Crippen molar-refractivity contribution in [2.24, 2.45) is 11.8 Å². The molecule has 3 nitrogen and oxygen atoms in total. The zero-order valence-corrected chi connectivity index (χ0v) is 16.2. The molecule has 0 aromatic heterocycles. The van der Waals surface area contributed by atoms with Crippen molar-refractivity contribution in [1.82, 2.24) is 0 Å². The predicted molar refractivity (Wildman–Crippen MR) is 113 cm³/mol. The van der Waals surface area contributed by atoms with Crippen LogP contribution < -0.4 is 4.90 Å². The van der Waals surface area contributed by atoms with Gasteiger partial charge in [-0.25, -0.2) is 9.29 Å². The molecule has 4 unspecified atom stereocenters. The first-order valence-corrected chi connectivity index (χ1v) is 10.1. The Balaban J connectivity index is 1.65. The molecule has 0 bridgehead atoms. The van der Waals surface area contributed by atoms with E-state index in [1.807, 2.05) is 72.8 Å². The van der Waals surface area contributed by atoms with Crippen molar-refractivity contribution in [2.45, 2.75) is 11.8 Å². The van der Waals surface area contributed by atoms with Crippen LogP contribution in [0.3, 0.4) is 0 Å². The largest absolute Gasteiger partial charge is 0.274 e. The van der Waals surface area contributed by atoms with Crippen molar-refractivity contribution >= 4 is 17.5 Å². The molecule has 1 fully saturated rings. The first-order chi connectivity index (χ1) is 14.7. The van der Waals surface area contributed by atoms with E-state index >= 15 is 0 Å². The van der Waals surface area contributed by atoms with Crippen molar-refractivity contribution in [3.05, 3.63) is 114 Å². The molecular weight excluding hydrogens is 377 g/mol. The Labute approximate surface area is 174 Å². The summed E-state index contributed by atoms with van der Waals surface area (Å²) >= 11 is 0. The minimum absolute atomic E-state index is 0.0283. The van der Waals surface area contributed by atoms with Crippen LogP contribution in [-0.2, 0) is 9.59 Å². The second-order valence-electron chi connectivity index (χ2n) is 7.77. The lowest BCUT2D eigenvalue weighted by atomic mass is 9.68. The van der Waals surface area contributed by atoms with Crippen molar-refractivity contribution in [3.8, 4) is 0 Å². The van der Waals surface area contributed by atoms with E-state index in [0.29, 0.717) is 0 Å². The van der Waals surface area contributed by atoms with Crippen LogP contribution in [0.15, 0.2) is 97.1 Å². The number of nitrogens with zero attached hydrogens (tertiary/aromatic N) is 1. The summed E-state index contributed by atoms with van der Waals surface area (Å²) in [6, 6.07) is 25.4. The fourth-order valence-electron chi connectivity index (χ4n) is 4.80. The van der Waals surface area contributed by atoms with Crippen molar-refractivity contribution in [3.63, 3.8) is 0 Å². The number of benzene rings is 3. The molecule has 0 spiro atoms. The van der Waals surface area contributed by atoms with E-state index < -0.39 is 17.7 Å². The van der Waals surface area contributed by atoms with E-state index in [-0.39, 0.29) is 29.3 Å². The van der Waals surface area contributed by atoms with Gasteiger partial charge in [-0.15, -0.1) is 0 Å². The van der Waals surface area contributed by atoms with Crippen LogP contribution in [0.25, 0.3) is 0 Å². The Morgan fingerprint density at radius 2 is 1.03 bits per heavy atom. The van der Waals surface area contributed by atoms with Gasteiger partial charge < -0.3 is 0 Å². The van der Waals surface area contributed by atoms with Gasteiger partial charge >= 0.3 is 0 Å². The monoisotopic (exact) mass is 397 g/mol. The molecule has 1 heterocycles. The zero-order valence-electron chi connectivity index (χ0n) is 16.2. The number of halogens is 1. The summed E-state index contributed by atoms with van der Waals surface area (Å²) in [5.41, 5.74) is 1.99. The first kappa shape index (κ1) is 18.5. The molecule has 3 aromatic carbocycles. The quantitative estimate of drug-likeness (QED) is 0.457. The fraction of sp³-hybridized carbons (Fsp3) is 0.154. The molecule has 4 heteroatoms. The third-order valence-electron chi connectivity index (χ3n) is 6.16. The number of para-hydroxylation sites is 1. The minimum atomic E-state index is -0.574. The van der Waals surface area contributed by atoms with Gasteiger partial charge in [0.2, 0.25) is 11.8 Å². The molecule has 0 N–H and O–H groups in total. The number of carbonyl (C=O) groups excluding carboxylic acids is 2. The summed E-state index contributed by atoms with van der Waals surface area (Å²) in [4.78, 5) is 28.2. The minimum Gasteiger partial charge on any atom is -0.274 e. The SMILES string of the molecule is O=C1C2C(c3ccccc3)C=CC(c3ccccc3)C2C(=O)N1c1ccccc1F. The van der Waals surface area contributed by atoms with Crippen LogP contribution >= 0.6 is 0 Å². The molecule has 3 aromatic rings. The van der Waals surface area contributed by atoms with Crippen molar-refractivity contribution < 1.29 is 14.0 Å². The standard InChI is InChI=1S/C26H20FNO2/c27-21-13-7-8-14-22(21)28-25(29)23-19(17-9-3-1-4-10-17)15-16-20(24(23)26(28)30)18-11-5-2-6-12-18/h1-16,19-20,23-24H. The highest BCUT2D eigenvalue weighted by atomic mass is 19.1. The fourth-order valence-corrected chi connectivity index (χ4v) is 4.80. The molecule has 0 saturated carbocycles. The molecule has 2 amide bonds. The maximum atomic E-state index is 14.5. The average Bonchev–Trinajstić information content (AvgIpc) is 3.06. The van der Waals surface area contributed by atoms with E-state index in [1.165, 1.54) is 12.1 Å². The van der Waals surface area contributed by atoms with Gasteiger partial charge in [-0.1, -0.05) is 84.9 Å². The Kier molecular flexibility index (Phi) is 4.55. The second kappa shape index (κ2) is 7.38. The Morgan fingerprint density at radius 1 is 0.600 bits per heavy atom. The van der Waals surface area contributed by atoms with Gasteiger partial charge in [0, 0.05) is 11.8 Å². The third-order valence-corrected chi connectivity index (χ3v) is 6.16. The summed E-state index contributed by atoms with van der Waals surface area (Å²) < 4.78 is 14.5. The molecule has 1 saturated heterocycles. The van der Waals surface area contributed by atoms with E-state index in [1.54, 1.807) is 12.1 Å². The number of fused-ring (bicyclic) bond motifs is 1. The van der Waals surface area contributed by atoms with Crippen LogP contribution in [0.5, 0.6) is 0 Å². The lowest BCUT2D eigenvalue weighted by Crippen LogP contribution is -2.32. The first-order valence-electron chi connectivity index (χ1n) is 10.1. The van der Waals surface area contributed by atoms with Crippen molar-refractivity contribution in [2.75, 3.05) is 4.90 Å². The average molecular weight is 397 g/mol. The maximum Gasteiger partial charge on any atom is 0.238 e. The predicted octanol–water partition coefficient (Wildman–Crippen LogP) is 5.07. The van der Waals surface area contributed by atoms with Crippen molar-refractivity contribution in [1.29, 1.82) is 0 Å². The molecule has 148 valence electrons. The molecular formula is C26H20FNO2. The summed E-state index contributed by atoms with van der Waals surface area (Å²) in [6.45, 7) is 0. The molecule has 30 heavy (non-hydrogen) atoms. The van der Waals surface area contributed by atoms with Gasteiger partial charge in [-0.3, -0.25) is 9.59 Å². The molecule has 1 aliphatic carbocycles. The van der Waals surface area contributed by atoms with Gasteiger partial charge in [-0.2, -0.15) is 0 Å². The summed E-state index contributed by atoms with van der Waals surface area (Å²) in [5.74, 6) is -2.86. The lowest BCUT2D eigenvalue weighted by Gasteiger charge is -2.32. The summed E-state index contributed by atoms with van der Waals surface area (Å²) in [5, 5.41) is 0. The highest BCUT2D eigenvalue weighted by Crippen LogP contribution is 2.50. The van der Waals surface area contributed by atoms with Gasteiger partial charge in [0.1, 0.15) is 5.82 Å². The number of carbonyl (C=O) groups is 2. The number of rotatable bonds is 3. The topological polar surface area (TPSA) is 37.4 Å².